The molecule has 3 aliphatic rings. The first kappa shape index (κ1) is 17.1. The number of likely N-dealkylation sites (tertiary alicyclic amines) is 1. The molecular formula is C21H25N3O2S. The van der Waals surface area contributed by atoms with Gasteiger partial charge in [-0.25, -0.2) is 5.01 Å². The minimum atomic E-state index is -0.379. The molecule has 1 spiro atoms. The van der Waals surface area contributed by atoms with Crippen molar-refractivity contribution in [3.63, 3.8) is 0 Å². The summed E-state index contributed by atoms with van der Waals surface area (Å²) in [5.74, 6) is 1.78. The molecule has 1 aromatic carbocycles. The standard InChI is InChI=1S/C21H25N3O2S/c1-3-25-18-7-4-6-15-17-14-16(19-8-5-13-27-19)22-24(17)21(26-20(15)18)9-11-23(2)12-10-21/h4-8,13,17H,3,9-12,14H2,1-2H3/t17-/m0/s1. The third-order valence-corrected chi connectivity index (χ3v) is 6.78. The number of piperidine rings is 1. The van der Waals surface area contributed by atoms with Crippen molar-refractivity contribution in [3.8, 4) is 11.5 Å². The zero-order chi connectivity index (χ0) is 18.4. The summed E-state index contributed by atoms with van der Waals surface area (Å²) in [5.41, 5.74) is 1.99. The zero-order valence-electron chi connectivity index (χ0n) is 15.9. The van der Waals surface area contributed by atoms with E-state index in [2.05, 4.69) is 46.6 Å². The molecule has 0 unspecified atom stereocenters. The second-order valence-corrected chi connectivity index (χ2v) is 8.50. The van der Waals surface area contributed by atoms with Gasteiger partial charge in [0.05, 0.1) is 23.2 Å². The van der Waals surface area contributed by atoms with E-state index in [1.54, 1.807) is 11.3 Å². The van der Waals surface area contributed by atoms with Crippen LogP contribution in [0, 0.1) is 0 Å². The Hall–Kier alpha value is -2.05. The highest BCUT2D eigenvalue weighted by molar-refractivity contribution is 7.12. The minimum absolute atomic E-state index is 0.217. The molecule has 0 bridgehead atoms. The number of para-hydroxylation sites is 1. The predicted molar refractivity (Wildman–Crippen MR) is 108 cm³/mol. The second kappa shape index (κ2) is 6.53. The Morgan fingerprint density at radius 1 is 1.26 bits per heavy atom. The molecule has 6 heteroatoms. The second-order valence-electron chi connectivity index (χ2n) is 7.55. The number of thiophene rings is 1. The molecule has 27 heavy (non-hydrogen) atoms. The Morgan fingerprint density at radius 3 is 2.85 bits per heavy atom. The van der Waals surface area contributed by atoms with Crippen LogP contribution in [0.15, 0.2) is 40.8 Å². The quantitative estimate of drug-likeness (QED) is 0.799. The number of ether oxygens (including phenoxy) is 2. The van der Waals surface area contributed by atoms with Gasteiger partial charge < -0.3 is 14.4 Å². The highest BCUT2D eigenvalue weighted by Gasteiger charge is 2.52. The van der Waals surface area contributed by atoms with E-state index in [4.69, 9.17) is 14.6 Å². The van der Waals surface area contributed by atoms with E-state index in [-0.39, 0.29) is 11.8 Å². The predicted octanol–water partition coefficient (Wildman–Crippen LogP) is 4.11. The van der Waals surface area contributed by atoms with Gasteiger partial charge in [-0.1, -0.05) is 18.2 Å². The van der Waals surface area contributed by atoms with Gasteiger partial charge in [0, 0.05) is 37.9 Å². The molecule has 1 atom stereocenters. The van der Waals surface area contributed by atoms with Crippen LogP contribution in [-0.4, -0.2) is 48.1 Å². The van der Waals surface area contributed by atoms with Crippen LogP contribution in [0.4, 0.5) is 0 Å². The third-order valence-electron chi connectivity index (χ3n) is 5.86. The van der Waals surface area contributed by atoms with Gasteiger partial charge in [0.1, 0.15) is 0 Å². The van der Waals surface area contributed by atoms with Crippen LogP contribution in [0.5, 0.6) is 11.5 Å². The maximum Gasteiger partial charge on any atom is 0.200 e. The molecule has 3 aliphatic heterocycles. The van der Waals surface area contributed by atoms with Crippen molar-refractivity contribution in [2.75, 3.05) is 26.7 Å². The smallest absolute Gasteiger partial charge is 0.200 e. The van der Waals surface area contributed by atoms with E-state index in [9.17, 15) is 0 Å². The minimum Gasteiger partial charge on any atom is -0.490 e. The summed E-state index contributed by atoms with van der Waals surface area (Å²) in [6, 6.07) is 10.8. The van der Waals surface area contributed by atoms with Crippen molar-refractivity contribution in [3.05, 3.63) is 46.2 Å². The first-order valence-corrected chi connectivity index (χ1v) is 10.6. The van der Waals surface area contributed by atoms with Crippen molar-refractivity contribution in [2.24, 2.45) is 5.10 Å². The fourth-order valence-corrected chi connectivity index (χ4v) is 5.15. The lowest BCUT2D eigenvalue weighted by molar-refractivity contribution is -0.148. The Balaban J connectivity index is 1.60. The van der Waals surface area contributed by atoms with Crippen molar-refractivity contribution in [1.29, 1.82) is 0 Å². The fourth-order valence-electron chi connectivity index (χ4n) is 4.43. The first-order chi connectivity index (χ1) is 13.2. The van der Waals surface area contributed by atoms with Crippen molar-refractivity contribution < 1.29 is 9.47 Å². The van der Waals surface area contributed by atoms with E-state index in [1.807, 2.05) is 13.0 Å². The summed E-state index contributed by atoms with van der Waals surface area (Å²) in [5, 5.41) is 9.50. The molecule has 5 rings (SSSR count). The van der Waals surface area contributed by atoms with Gasteiger partial charge in [-0.05, 0) is 31.5 Å². The Labute approximate surface area is 164 Å². The molecular weight excluding hydrogens is 358 g/mol. The van der Waals surface area contributed by atoms with Crippen LogP contribution in [0.3, 0.4) is 0 Å². The van der Waals surface area contributed by atoms with Gasteiger partial charge in [-0.3, -0.25) is 0 Å². The van der Waals surface area contributed by atoms with Crippen LogP contribution < -0.4 is 9.47 Å². The Bertz CT molecular complexity index is 856. The lowest BCUT2D eigenvalue weighted by Crippen LogP contribution is -2.58. The van der Waals surface area contributed by atoms with E-state index in [0.717, 1.165) is 43.9 Å². The number of benzene rings is 1. The summed E-state index contributed by atoms with van der Waals surface area (Å²) < 4.78 is 12.7. The van der Waals surface area contributed by atoms with Gasteiger partial charge in [-0.15, -0.1) is 11.3 Å². The molecule has 2 aromatic rings. The lowest BCUT2D eigenvalue weighted by atomic mass is 9.91. The Morgan fingerprint density at radius 2 is 2.11 bits per heavy atom. The normalized spacial score (nSPS) is 23.6. The first-order valence-electron chi connectivity index (χ1n) is 9.74. The number of hydrogen-bond donors (Lipinski definition) is 0. The van der Waals surface area contributed by atoms with Crippen LogP contribution in [0.1, 0.15) is 42.7 Å². The molecule has 5 nitrogen and oxygen atoms in total. The molecule has 0 radical (unpaired) electrons. The zero-order valence-corrected chi connectivity index (χ0v) is 16.7. The van der Waals surface area contributed by atoms with Gasteiger partial charge in [0.15, 0.2) is 11.5 Å². The number of rotatable bonds is 3. The number of nitrogens with zero attached hydrogens (tertiary/aromatic N) is 3. The summed E-state index contributed by atoms with van der Waals surface area (Å²) in [4.78, 5) is 3.63. The third kappa shape index (κ3) is 2.74. The largest absolute Gasteiger partial charge is 0.490 e. The molecule has 1 fully saturated rings. The molecule has 1 aromatic heterocycles. The van der Waals surface area contributed by atoms with Crippen LogP contribution in [0.25, 0.3) is 0 Å². The van der Waals surface area contributed by atoms with E-state index >= 15 is 0 Å². The lowest BCUT2D eigenvalue weighted by Gasteiger charge is -2.51. The molecule has 0 saturated carbocycles. The van der Waals surface area contributed by atoms with Gasteiger partial charge >= 0.3 is 0 Å². The van der Waals surface area contributed by atoms with Crippen molar-refractivity contribution >= 4 is 17.0 Å². The van der Waals surface area contributed by atoms with Gasteiger partial charge in [-0.2, -0.15) is 5.10 Å². The van der Waals surface area contributed by atoms with Crippen molar-refractivity contribution in [2.45, 2.75) is 38.0 Å². The summed E-state index contributed by atoms with van der Waals surface area (Å²) in [6.07, 6.45) is 2.81. The van der Waals surface area contributed by atoms with E-state index < -0.39 is 0 Å². The van der Waals surface area contributed by atoms with Crippen LogP contribution in [0.2, 0.25) is 0 Å². The fraction of sp³-hybridized carbons (Fsp3) is 0.476. The molecule has 142 valence electrons. The number of fused-ring (bicyclic) bond motifs is 4. The summed E-state index contributed by atoms with van der Waals surface area (Å²) >= 11 is 1.76. The topological polar surface area (TPSA) is 37.3 Å². The van der Waals surface area contributed by atoms with Crippen molar-refractivity contribution in [1.82, 2.24) is 9.91 Å². The molecule has 1 saturated heterocycles. The van der Waals surface area contributed by atoms with Gasteiger partial charge in [0.2, 0.25) is 5.72 Å². The SMILES string of the molecule is CCOc1cccc2c1OC1(CCN(C)CC1)N1N=C(c3cccs3)C[C@@H]21. The molecule has 0 aliphatic carbocycles. The highest BCUT2D eigenvalue weighted by Crippen LogP contribution is 2.52. The maximum absolute atomic E-state index is 6.74. The summed E-state index contributed by atoms with van der Waals surface area (Å²) in [6.45, 7) is 4.69. The van der Waals surface area contributed by atoms with Crippen LogP contribution in [-0.2, 0) is 0 Å². The van der Waals surface area contributed by atoms with Gasteiger partial charge in [0.25, 0.3) is 0 Å². The number of hydrazone groups is 1. The average Bonchev–Trinajstić information content (AvgIpc) is 3.35. The summed E-state index contributed by atoms with van der Waals surface area (Å²) in [7, 11) is 2.18. The highest BCUT2D eigenvalue weighted by atomic mass is 32.1. The average molecular weight is 384 g/mol. The molecule has 4 heterocycles. The molecule has 0 amide bonds. The van der Waals surface area contributed by atoms with E-state index in [0.29, 0.717) is 6.61 Å². The van der Waals surface area contributed by atoms with E-state index in [1.165, 1.54) is 16.2 Å². The molecule has 0 N–H and O–H groups in total. The van der Waals surface area contributed by atoms with Crippen LogP contribution >= 0.6 is 11.3 Å². The maximum atomic E-state index is 6.74. The monoisotopic (exact) mass is 383 g/mol. The Kier molecular flexibility index (Phi) is 4.13. The number of hydrogen-bond acceptors (Lipinski definition) is 6.